The second-order valence-corrected chi connectivity index (χ2v) is 5.57. The van der Waals surface area contributed by atoms with Crippen LogP contribution in [0.4, 0.5) is 0 Å². The standard InChI is InChI=1S/C13H21N3O/c1-2-12-15-6-10(17-12)7-16-8-11(14)13(9-16)4-3-5-13/h6,11H,2-5,7-9,14H2,1H3. The summed E-state index contributed by atoms with van der Waals surface area (Å²) in [5.74, 6) is 1.81. The fourth-order valence-electron chi connectivity index (χ4n) is 3.18. The molecule has 1 spiro atoms. The zero-order valence-corrected chi connectivity index (χ0v) is 10.5. The van der Waals surface area contributed by atoms with Gasteiger partial charge in [-0.3, -0.25) is 4.90 Å². The largest absolute Gasteiger partial charge is 0.444 e. The van der Waals surface area contributed by atoms with Crippen molar-refractivity contribution in [3.63, 3.8) is 0 Å². The average molecular weight is 235 g/mol. The van der Waals surface area contributed by atoms with Crippen LogP contribution in [0.2, 0.25) is 0 Å². The van der Waals surface area contributed by atoms with Crippen molar-refractivity contribution in [1.29, 1.82) is 0 Å². The summed E-state index contributed by atoms with van der Waals surface area (Å²) < 4.78 is 5.66. The second kappa shape index (κ2) is 4.10. The van der Waals surface area contributed by atoms with Crippen LogP contribution in [0.3, 0.4) is 0 Å². The molecule has 94 valence electrons. The molecule has 1 aromatic rings. The first-order valence-electron chi connectivity index (χ1n) is 6.63. The zero-order chi connectivity index (χ0) is 11.9. The van der Waals surface area contributed by atoms with Gasteiger partial charge >= 0.3 is 0 Å². The Balaban J connectivity index is 1.63. The second-order valence-electron chi connectivity index (χ2n) is 5.57. The van der Waals surface area contributed by atoms with E-state index in [-0.39, 0.29) is 0 Å². The lowest BCUT2D eigenvalue weighted by Crippen LogP contribution is -2.45. The maximum absolute atomic E-state index is 6.26. The highest BCUT2D eigenvalue weighted by molar-refractivity contribution is 5.05. The van der Waals surface area contributed by atoms with Crippen LogP contribution < -0.4 is 5.73 Å². The third-order valence-corrected chi connectivity index (χ3v) is 4.41. The lowest BCUT2D eigenvalue weighted by Gasteiger charge is -2.41. The highest BCUT2D eigenvalue weighted by Crippen LogP contribution is 2.47. The first kappa shape index (κ1) is 11.2. The summed E-state index contributed by atoms with van der Waals surface area (Å²) in [6.07, 6.45) is 6.69. The smallest absolute Gasteiger partial charge is 0.194 e. The summed E-state index contributed by atoms with van der Waals surface area (Å²) in [6, 6.07) is 0.352. The maximum Gasteiger partial charge on any atom is 0.194 e. The van der Waals surface area contributed by atoms with Crippen LogP contribution in [0.5, 0.6) is 0 Å². The first-order valence-corrected chi connectivity index (χ1v) is 6.63. The molecule has 0 radical (unpaired) electrons. The van der Waals surface area contributed by atoms with E-state index >= 15 is 0 Å². The molecule has 1 aromatic heterocycles. The normalized spacial score (nSPS) is 27.5. The predicted octanol–water partition coefficient (Wildman–Crippen LogP) is 1.55. The van der Waals surface area contributed by atoms with Gasteiger partial charge in [0.1, 0.15) is 5.76 Å². The van der Waals surface area contributed by atoms with Gasteiger partial charge < -0.3 is 10.2 Å². The van der Waals surface area contributed by atoms with Crippen LogP contribution in [-0.4, -0.2) is 29.0 Å². The molecule has 4 heteroatoms. The summed E-state index contributed by atoms with van der Waals surface area (Å²) in [5, 5.41) is 0. The Bertz CT molecular complexity index is 397. The average Bonchev–Trinajstić information content (AvgIpc) is 2.82. The van der Waals surface area contributed by atoms with E-state index in [1.807, 2.05) is 6.20 Å². The molecule has 2 aliphatic rings. The molecule has 1 aliphatic carbocycles. The van der Waals surface area contributed by atoms with Crippen LogP contribution >= 0.6 is 0 Å². The number of hydrogen-bond acceptors (Lipinski definition) is 4. The van der Waals surface area contributed by atoms with Crippen LogP contribution in [0.1, 0.15) is 37.8 Å². The van der Waals surface area contributed by atoms with Gasteiger partial charge in [-0.1, -0.05) is 13.3 Å². The van der Waals surface area contributed by atoms with Crippen molar-refractivity contribution in [2.45, 2.75) is 45.2 Å². The van der Waals surface area contributed by atoms with E-state index in [1.54, 1.807) is 0 Å². The highest BCUT2D eigenvalue weighted by Gasteiger charge is 2.48. The topological polar surface area (TPSA) is 55.3 Å². The number of likely N-dealkylation sites (tertiary alicyclic amines) is 1. The van der Waals surface area contributed by atoms with Crippen molar-refractivity contribution in [2.24, 2.45) is 11.1 Å². The number of oxazole rings is 1. The molecule has 0 bridgehead atoms. The molecule has 1 saturated carbocycles. The maximum atomic E-state index is 6.26. The van der Waals surface area contributed by atoms with Gasteiger partial charge in [0, 0.05) is 25.6 Å². The highest BCUT2D eigenvalue weighted by atomic mass is 16.4. The van der Waals surface area contributed by atoms with E-state index < -0.39 is 0 Å². The number of aryl methyl sites for hydroxylation is 1. The van der Waals surface area contributed by atoms with Crippen molar-refractivity contribution < 1.29 is 4.42 Å². The summed E-state index contributed by atoms with van der Waals surface area (Å²) in [5.41, 5.74) is 6.69. The van der Waals surface area contributed by atoms with E-state index in [1.165, 1.54) is 19.3 Å². The Morgan fingerprint density at radius 3 is 2.94 bits per heavy atom. The summed E-state index contributed by atoms with van der Waals surface area (Å²) in [6.45, 7) is 5.06. The molecule has 2 fully saturated rings. The summed E-state index contributed by atoms with van der Waals surface area (Å²) in [4.78, 5) is 6.66. The minimum absolute atomic E-state index is 0.352. The molecule has 1 saturated heterocycles. The van der Waals surface area contributed by atoms with Gasteiger partial charge in [-0.2, -0.15) is 0 Å². The number of aromatic nitrogens is 1. The monoisotopic (exact) mass is 235 g/mol. The van der Waals surface area contributed by atoms with Crippen molar-refractivity contribution >= 4 is 0 Å². The van der Waals surface area contributed by atoms with Gasteiger partial charge in [0.05, 0.1) is 12.7 Å². The molecule has 2 heterocycles. The molecular formula is C13H21N3O. The van der Waals surface area contributed by atoms with Gasteiger partial charge in [0.15, 0.2) is 5.89 Å². The van der Waals surface area contributed by atoms with Crippen LogP contribution in [-0.2, 0) is 13.0 Å². The molecule has 1 aliphatic heterocycles. The van der Waals surface area contributed by atoms with Gasteiger partial charge in [-0.15, -0.1) is 0 Å². The quantitative estimate of drug-likeness (QED) is 0.863. The molecule has 0 amide bonds. The Kier molecular flexibility index (Phi) is 2.71. The van der Waals surface area contributed by atoms with Crippen molar-refractivity contribution in [3.05, 3.63) is 17.8 Å². The first-order chi connectivity index (χ1) is 8.22. The van der Waals surface area contributed by atoms with E-state index in [0.717, 1.165) is 37.7 Å². The minimum Gasteiger partial charge on any atom is -0.444 e. The van der Waals surface area contributed by atoms with E-state index in [9.17, 15) is 0 Å². The molecule has 17 heavy (non-hydrogen) atoms. The van der Waals surface area contributed by atoms with Crippen molar-refractivity contribution in [3.8, 4) is 0 Å². The Morgan fingerprint density at radius 1 is 1.59 bits per heavy atom. The van der Waals surface area contributed by atoms with Gasteiger partial charge in [0.2, 0.25) is 0 Å². The van der Waals surface area contributed by atoms with Crippen LogP contribution in [0.15, 0.2) is 10.6 Å². The van der Waals surface area contributed by atoms with E-state index in [4.69, 9.17) is 10.2 Å². The molecule has 2 N–H and O–H groups in total. The lowest BCUT2D eigenvalue weighted by molar-refractivity contribution is 0.120. The zero-order valence-electron chi connectivity index (χ0n) is 10.5. The lowest BCUT2D eigenvalue weighted by atomic mass is 9.66. The SMILES string of the molecule is CCc1ncc(CN2CC(N)C3(CCC3)C2)o1. The van der Waals surface area contributed by atoms with Crippen LogP contribution in [0, 0.1) is 5.41 Å². The number of nitrogens with zero attached hydrogens (tertiary/aromatic N) is 2. The fraction of sp³-hybridized carbons (Fsp3) is 0.769. The Labute approximate surface area is 102 Å². The predicted molar refractivity (Wildman–Crippen MR) is 65.4 cm³/mol. The fourth-order valence-corrected chi connectivity index (χ4v) is 3.18. The van der Waals surface area contributed by atoms with Crippen molar-refractivity contribution in [2.75, 3.05) is 13.1 Å². The Morgan fingerprint density at radius 2 is 2.41 bits per heavy atom. The van der Waals surface area contributed by atoms with E-state index in [0.29, 0.717) is 11.5 Å². The molecular weight excluding hydrogens is 214 g/mol. The number of rotatable bonds is 3. The number of hydrogen-bond donors (Lipinski definition) is 1. The van der Waals surface area contributed by atoms with Gasteiger partial charge in [-0.25, -0.2) is 4.98 Å². The third-order valence-electron chi connectivity index (χ3n) is 4.41. The molecule has 1 unspecified atom stereocenters. The molecule has 0 aromatic carbocycles. The summed E-state index contributed by atoms with van der Waals surface area (Å²) in [7, 11) is 0. The minimum atomic E-state index is 0.352. The van der Waals surface area contributed by atoms with Crippen molar-refractivity contribution in [1.82, 2.24) is 9.88 Å². The third kappa shape index (κ3) is 1.89. The molecule has 1 atom stereocenters. The summed E-state index contributed by atoms with van der Waals surface area (Å²) >= 11 is 0. The number of nitrogens with two attached hydrogens (primary N) is 1. The molecule has 3 rings (SSSR count). The van der Waals surface area contributed by atoms with E-state index in [2.05, 4.69) is 16.8 Å². The van der Waals surface area contributed by atoms with Gasteiger partial charge in [0.25, 0.3) is 0 Å². The van der Waals surface area contributed by atoms with Gasteiger partial charge in [-0.05, 0) is 18.3 Å². The Hall–Kier alpha value is -0.870. The molecule has 4 nitrogen and oxygen atoms in total. The van der Waals surface area contributed by atoms with Crippen LogP contribution in [0.25, 0.3) is 0 Å².